The summed E-state index contributed by atoms with van der Waals surface area (Å²) in [5, 5.41) is 0.533. The third kappa shape index (κ3) is 5.22. The van der Waals surface area contributed by atoms with Gasteiger partial charge in [0.1, 0.15) is 0 Å². The van der Waals surface area contributed by atoms with Crippen molar-refractivity contribution in [3.63, 3.8) is 0 Å². The number of nitrogens with two attached hydrogens (primary N) is 2. The Morgan fingerprint density at radius 3 is 2.08 bits per heavy atom. The highest BCUT2D eigenvalue weighted by Crippen LogP contribution is 2.31. The van der Waals surface area contributed by atoms with Gasteiger partial charge in [0, 0.05) is 5.02 Å². The Hall–Kier alpha value is -2.54. The molecule has 0 saturated carbocycles. The summed E-state index contributed by atoms with van der Waals surface area (Å²) in [5.41, 5.74) is 10.9. The molecule has 0 fully saturated rings. The fraction of sp³-hybridized carbons (Fsp3) is 0.176. The third-order valence-corrected chi connectivity index (χ3v) is 3.78. The smallest absolute Gasteiger partial charge is 0.370 e. The van der Waals surface area contributed by atoms with Gasteiger partial charge in [0.15, 0.2) is 5.96 Å². The number of carbonyl (C=O) groups excluding carboxylic acids is 1. The maximum absolute atomic E-state index is 12.7. The highest BCUT2D eigenvalue weighted by Gasteiger charge is 2.31. The van der Waals surface area contributed by atoms with Crippen molar-refractivity contribution >= 4 is 23.5 Å². The lowest BCUT2D eigenvalue weighted by Crippen LogP contribution is -2.26. The van der Waals surface area contributed by atoms with Gasteiger partial charge < -0.3 is 11.5 Å². The molecule has 8 heteroatoms. The summed E-state index contributed by atoms with van der Waals surface area (Å²) in [4.78, 5) is 15.8. The number of rotatable bonds is 4. The first-order valence-corrected chi connectivity index (χ1v) is 7.59. The van der Waals surface area contributed by atoms with E-state index >= 15 is 0 Å². The van der Waals surface area contributed by atoms with E-state index in [1.807, 2.05) is 0 Å². The summed E-state index contributed by atoms with van der Waals surface area (Å²) in [6, 6.07) is 11.1. The van der Waals surface area contributed by atoms with Crippen LogP contribution in [-0.4, -0.2) is 11.9 Å². The molecule has 0 aliphatic rings. The van der Waals surface area contributed by atoms with Gasteiger partial charge in [-0.2, -0.15) is 18.2 Å². The molecule has 0 heterocycles. The zero-order chi connectivity index (χ0) is 18.6. The van der Waals surface area contributed by atoms with Crippen LogP contribution in [0.5, 0.6) is 0 Å². The number of aliphatic imine (C=N–C) groups is 1. The van der Waals surface area contributed by atoms with Crippen LogP contribution in [0.15, 0.2) is 53.5 Å². The quantitative estimate of drug-likeness (QED) is 0.639. The molecular formula is C17H15ClF3N3O. The van der Waals surface area contributed by atoms with Crippen LogP contribution in [0.1, 0.15) is 22.6 Å². The van der Waals surface area contributed by atoms with Crippen LogP contribution in [0.2, 0.25) is 5.02 Å². The number of alkyl halides is 3. The average molecular weight is 370 g/mol. The van der Waals surface area contributed by atoms with Crippen LogP contribution in [0.4, 0.5) is 13.2 Å². The molecule has 0 aliphatic carbocycles. The van der Waals surface area contributed by atoms with Crippen LogP contribution < -0.4 is 11.5 Å². The fourth-order valence-electron chi connectivity index (χ4n) is 2.31. The Bertz CT molecular complexity index is 767. The van der Waals surface area contributed by atoms with Crippen LogP contribution in [0, 0.1) is 0 Å². The van der Waals surface area contributed by atoms with Crippen molar-refractivity contribution in [1.29, 1.82) is 0 Å². The van der Waals surface area contributed by atoms with Crippen molar-refractivity contribution in [1.82, 2.24) is 0 Å². The molecule has 1 unspecified atom stereocenters. The van der Waals surface area contributed by atoms with E-state index in [2.05, 4.69) is 4.99 Å². The van der Waals surface area contributed by atoms with Gasteiger partial charge in [0.25, 0.3) is 5.91 Å². The number of halogens is 4. The standard InChI is InChI=1S/C17H15ClF3N3O/c18-13-7-1-10(2-8-13)9-14(15(25)24-16(22)23)11-3-5-12(6-4-11)17(19,20)21/h1-8,14H,9H2,(H4,22,23,24,25). The first kappa shape index (κ1) is 18.8. The largest absolute Gasteiger partial charge is 0.416 e. The van der Waals surface area contributed by atoms with Gasteiger partial charge in [-0.15, -0.1) is 0 Å². The number of benzene rings is 2. The van der Waals surface area contributed by atoms with Gasteiger partial charge in [-0.1, -0.05) is 35.9 Å². The first-order valence-electron chi connectivity index (χ1n) is 7.22. The maximum atomic E-state index is 12.7. The van der Waals surface area contributed by atoms with E-state index in [4.69, 9.17) is 23.1 Å². The van der Waals surface area contributed by atoms with Crippen molar-refractivity contribution in [2.24, 2.45) is 16.5 Å². The Labute approximate surface area is 147 Å². The fourth-order valence-corrected chi connectivity index (χ4v) is 2.44. The molecule has 4 N–H and O–H groups in total. The number of carbonyl (C=O) groups is 1. The Morgan fingerprint density at radius 2 is 1.60 bits per heavy atom. The molecule has 0 spiro atoms. The molecule has 25 heavy (non-hydrogen) atoms. The Kier molecular flexibility index (Phi) is 5.69. The number of guanidine groups is 1. The van der Waals surface area contributed by atoms with Crippen molar-refractivity contribution in [3.05, 3.63) is 70.2 Å². The molecule has 2 aromatic carbocycles. The summed E-state index contributed by atoms with van der Waals surface area (Å²) in [7, 11) is 0. The number of hydrogen-bond donors (Lipinski definition) is 2. The van der Waals surface area contributed by atoms with E-state index in [-0.39, 0.29) is 6.42 Å². The Morgan fingerprint density at radius 1 is 1.04 bits per heavy atom. The SMILES string of the molecule is NC(N)=NC(=O)C(Cc1ccc(Cl)cc1)c1ccc(C(F)(F)F)cc1. The molecule has 0 saturated heterocycles. The first-order chi connectivity index (χ1) is 11.7. The minimum atomic E-state index is -4.45. The minimum Gasteiger partial charge on any atom is -0.370 e. The monoisotopic (exact) mass is 369 g/mol. The molecular weight excluding hydrogens is 355 g/mol. The summed E-state index contributed by atoms with van der Waals surface area (Å²) in [6.45, 7) is 0. The van der Waals surface area contributed by atoms with Gasteiger partial charge in [-0.05, 0) is 41.8 Å². The summed E-state index contributed by atoms with van der Waals surface area (Å²) in [6.07, 6.45) is -4.23. The van der Waals surface area contributed by atoms with E-state index in [1.54, 1.807) is 24.3 Å². The van der Waals surface area contributed by atoms with E-state index in [1.165, 1.54) is 12.1 Å². The number of nitrogens with zero attached hydrogens (tertiary/aromatic N) is 1. The van der Waals surface area contributed by atoms with E-state index < -0.39 is 29.5 Å². The highest BCUT2D eigenvalue weighted by molar-refractivity contribution is 6.30. The van der Waals surface area contributed by atoms with E-state index in [9.17, 15) is 18.0 Å². The molecule has 132 valence electrons. The predicted molar refractivity (Wildman–Crippen MR) is 90.2 cm³/mol. The van der Waals surface area contributed by atoms with E-state index in [0.717, 1.165) is 17.7 Å². The van der Waals surface area contributed by atoms with Gasteiger partial charge in [0.2, 0.25) is 0 Å². The topological polar surface area (TPSA) is 81.5 Å². The Balaban J connectivity index is 2.35. The van der Waals surface area contributed by atoms with Gasteiger partial charge in [-0.25, -0.2) is 0 Å². The van der Waals surface area contributed by atoms with Gasteiger partial charge in [0.05, 0.1) is 11.5 Å². The summed E-state index contributed by atoms with van der Waals surface area (Å²) in [5.74, 6) is -1.85. The second-order valence-corrected chi connectivity index (χ2v) is 5.81. The molecule has 0 radical (unpaired) electrons. The van der Waals surface area contributed by atoms with Crippen molar-refractivity contribution in [2.75, 3.05) is 0 Å². The van der Waals surface area contributed by atoms with Gasteiger partial charge in [-0.3, -0.25) is 4.79 Å². The zero-order valence-corrected chi connectivity index (χ0v) is 13.7. The van der Waals surface area contributed by atoms with E-state index in [0.29, 0.717) is 10.6 Å². The molecule has 1 amide bonds. The molecule has 4 nitrogen and oxygen atoms in total. The molecule has 0 aliphatic heterocycles. The molecule has 0 bridgehead atoms. The number of amides is 1. The second-order valence-electron chi connectivity index (χ2n) is 5.38. The average Bonchev–Trinajstić information content (AvgIpc) is 2.53. The maximum Gasteiger partial charge on any atom is 0.416 e. The van der Waals surface area contributed by atoms with Crippen LogP contribution in [0.25, 0.3) is 0 Å². The molecule has 2 rings (SSSR count). The van der Waals surface area contributed by atoms with Gasteiger partial charge >= 0.3 is 6.18 Å². The number of hydrogen-bond acceptors (Lipinski definition) is 1. The van der Waals surface area contributed by atoms with Crippen molar-refractivity contribution in [3.8, 4) is 0 Å². The van der Waals surface area contributed by atoms with Crippen LogP contribution >= 0.6 is 11.6 Å². The second kappa shape index (κ2) is 7.57. The summed E-state index contributed by atoms with van der Waals surface area (Å²) < 4.78 is 38.1. The normalized spacial score (nSPS) is 12.5. The van der Waals surface area contributed by atoms with Crippen molar-refractivity contribution < 1.29 is 18.0 Å². The highest BCUT2D eigenvalue weighted by atomic mass is 35.5. The molecule has 2 aromatic rings. The van der Waals surface area contributed by atoms with Crippen molar-refractivity contribution in [2.45, 2.75) is 18.5 Å². The predicted octanol–water partition coefficient (Wildman–Crippen LogP) is 3.49. The lowest BCUT2D eigenvalue weighted by atomic mass is 9.90. The third-order valence-electron chi connectivity index (χ3n) is 3.53. The lowest BCUT2D eigenvalue weighted by Gasteiger charge is -2.15. The lowest BCUT2D eigenvalue weighted by molar-refractivity contribution is -0.137. The minimum absolute atomic E-state index is 0.220. The zero-order valence-electron chi connectivity index (χ0n) is 12.9. The molecule has 1 atom stereocenters. The van der Waals surface area contributed by atoms with Crippen LogP contribution in [0.3, 0.4) is 0 Å². The van der Waals surface area contributed by atoms with Crippen LogP contribution in [-0.2, 0) is 17.4 Å². The molecule has 0 aromatic heterocycles. The summed E-state index contributed by atoms with van der Waals surface area (Å²) >= 11 is 5.83.